The molecular weight excluding hydrogens is 350 g/mol. The average Bonchev–Trinajstić information content (AvgIpc) is 2.61. The summed E-state index contributed by atoms with van der Waals surface area (Å²) in [4.78, 5) is 24.2. The second kappa shape index (κ2) is 7.79. The zero-order chi connectivity index (χ0) is 18.6. The van der Waals surface area contributed by atoms with Crippen molar-refractivity contribution in [1.29, 1.82) is 0 Å². The highest BCUT2D eigenvalue weighted by Gasteiger charge is 2.30. The third-order valence-corrected chi connectivity index (χ3v) is 5.59. The van der Waals surface area contributed by atoms with E-state index in [4.69, 9.17) is 4.74 Å². The van der Waals surface area contributed by atoms with Gasteiger partial charge in [-0.3, -0.25) is 14.9 Å². The Bertz CT molecular complexity index is 757. The Morgan fingerprint density at radius 3 is 2.56 bits per heavy atom. The lowest BCUT2D eigenvalue weighted by molar-refractivity contribution is -0.384. The molecule has 1 saturated heterocycles. The van der Waals surface area contributed by atoms with Crippen molar-refractivity contribution in [3.63, 3.8) is 0 Å². The van der Waals surface area contributed by atoms with E-state index in [2.05, 4.69) is 4.72 Å². The zero-order valence-electron chi connectivity index (χ0n) is 14.1. The van der Waals surface area contributed by atoms with Gasteiger partial charge in [0.15, 0.2) is 0 Å². The first-order chi connectivity index (χ1) is 11.8. The minimum absolute atomic E-state index is 0.160. The molecule has 25 heavy (non-hydrogen) atoms. The van der Waals surface area contributed by atoms with Gasteiger partial charge in [-0.15, -0.1) is 0 Å². The summed E-state index contributed by atoms with van der Waals surface area (Å²) in [5.41, 5.74) is 0.0771. The van der Waals surface area contributed by atoms with Crippen LogP contribution in [0.15, 0.2) is 23.1 Å². The number of hydrogen-bond donors (Lipinski definition) is 1. The van der Waals surface area contributed by atoms with Gasteiger partial charge >= 0.3 is 5.97 Å². The number of esters is 1. The fraction of sp³-hybridized carbons (Fsp3) is 0.533. The zero-order valence-corrected chi connectivity index (χ0v) is 14.9. The van der Waals surface area contributed by atoms with Gasteiger partial charge in [-0.25, -0.2) is 13.1 Å². The molecule has 0 amide bonds. The predicted molar refractivity (Wildman–Crippen MR) is 90.9 cm³/mol. The standard InChI is InChI=1S/C15H21N3O6S/c1-3-24-15(19)11-6-8-17(9-7-11)13-5-4-12(25(22,23)16-2)10-14(13)18(20)21/h4-5,10-11,16H,3,6-9H2,1-2H3. The molecule has 0 aliphatic carbocycles. The van der Waals surface area contributed by atoms with E-state index in [9.17, 15) is 23.3 Å². The molecule has 1 aliphatic rings. The van der Waals surface area contributed by atoms with Crippen molar-refractivity contribution < 1.29 is 22.9 Å². The van der Waals surface area contributed by atoms with Crippen LogP contribution in [0.4, 0.5) is 11.4 Å². The van der Waals surface area contributed by atoms with E-state index in [1.54, 1.807) is 11.8 Å². The Kier molecular flexibility index (Phi) is 5.96. The number of anilines is 1. The van der Waals surface area contributed by atoms with Gasteiger partial charge in [0.2, 0.25) is 10.0 Å². The monoisotopic (exact) mass is 371 g/mol. The molecule has 0 unspecified atom stereocenters. The largest absolute Gasteiger partial charge is 0.466 e. The molecular formula is C15H21N3O6S. The summed E-state index contributed by atoms with van der Waals surface area (Å²) in [6.07, 6.45) is 1.07. The summed E-state index contributed by atoms with van der Waals surface area (Å²) in [6.45, 7) is 2.99. The molecule has 10 heteroatoms. The quantitative estimate of drug-likeness (QED) is 0.454. The molecule has 138 valence electrons. The van der Waals surface area contributed by atoms with Crippen LogP contribution in [0.3, 0.4) is 0 Å². The first-order valence-electron chi connectivity index (χ1n) is 7.93. The topological polar surface area (TPSA) is 119 Å². The number of piperidine rings is 1. The van der Waals surface area contributed by atoms with E-state index in [0.29, 0.717) is 38.2 Å². The Labute approximate surface area is 146 Å². The van der Waals surface area contributed by atoms with E-state index in [1.165, 1.54) is 19.2 Å². The maximum atomic E-state index is 11.8. The number of sulfonamides is 1. The van der Waals surface area contributed by atoms with E-state index in [-0.39, 0.29) is 22.5 Å². The van der Waals surface area contributed by atoms with Crippen LogP contribution in [0.5, 0.6) is 0 Å². The first-order valence-corrected chi connectivity index (χ1v) is 9.42. The SMILES string of the molecule is CCOC(=O)C1CCN(c2ccc(S(=O)(=O)NC)cc2[N+](=O)[O-])CC1. The highest BCUT2D eigenvalue weighted by molar-refractivity contribution is 7.89. The summed E-state index contributed by atoms with van der Waals surface area (Å²) < 4.78 is 30.8. The molecule has 0 radical (unpaired) electrons. The van der Waals surface area contributed by atoms with Crippen molar-refractivity contribution >= 4 is 27.4 Å². The minimum Gasteiger partial charge on any atom is -0.466 e. The molecule has 1 fully saturated rings. The van der Waals surface area contributed by atoms with E-state index in [1.807, 2.05) is 0 Å². The van der Waals surface area contributed by atoms with Crippen LogP contribution in [-0.4, -0.2) is 46.1 Å². The van der Waals surface area contributed by atoms with Gasteiger partial charge in [0.1, 0.15) is 5.69 Å². The molecule has 0 atom stereocenters. The molecule has 0 spiro atoms. The molecule has 0 saturated carbocycles. The van der Waals surface area contributed by atoms with Gasteiger partial charge in [-0.1, -0.05) is 0 Å². The number of benzene rings is 1. The first kappa shape index (κ1) is 19.1. The Morgan fingerprint density at radius 1 is 1.40 bits per heavy atom. The summed E-state index contributed by atoms with van der Waals surface area (Å²) in [6, 6.07) is 3.83. The van der Waals surface area contributed by atoms with Crippen molar-refractivity contribution in [2.24, 2.45) is 5.92 Å². The molecule has 0 aromatic heterocycles. The summed E-state index contributed by atoms with van der Waals surface area (Å²) in [5.74, 6) is -0.452. The number of hydrogen-bond acceptors (Lipinski definition) is 7. The fourth-order valence-electron chi connectivity index (χ4n) is 2.82. The molecule has 1 N–H and O–H groups in total. The average molecular weight is 371 g/mol. The number of ether oxygens (including phenoxy) is 1. The number of rotatable bonds is 6. The molecule has 0 bridgehead atoms. The highest BCUT2D eigenvalue weighted by Crippen LogP contribution is 2.33. The number of carbonyl (C=O) groups excluding carboxylic acids is 1. The summed E-state index contributed by atoms with van der Waals surface area (Å²) in [5, 5.41) is 11.4. The van der Waals surface area contributed by atoms with E-state index in [0.717, 1.165) is 6.07 Å². The smallest absolute Gasteiger partial charge is 0.309 e. The maximum absolute atomic E-state index is 11.8. The molecule has 1 aliphatic heterocycles. The summed E-state index contributed by atoms with van der Waals surface area (Å²) >= 11 is 0. The van der Waals surface area contributed by atoms with Crippen LogP contribution in [0, 0.1) is 16.0 Å². The van der Waals surface area contributed by atoms with Crippen molar-refractivity contribution in [2.75, 3.05) is 31.6 Å². The van der Waals surface area contributed by atoms with Gasteiger partial charge in [0.25, 0.3) is 5.69 Å². The predicted octanol–water partition coefficient (Wildman–Crippen LogP) is 1.28. The second-order valence-electron chi connectivity index (χ2n) is 5.63. The Balaban J connectivity index is 2.23. The van der Waals surface area contributed by atoms with Crippen LogP contribution in [0.25, 0.3) is 0 Å². The van der Waals surface area contributed by atoms with Crippen LogP contribution in [0.1, 0.15) is 19.8 Å². The normalized spacial score (nSPS) is 15.8. The second-order valence-corrected chi connectivity index (χ2v) is 7.52. The highest BCUT2D eigenvalue weighted by atomic mass is 32.2. The van der Waals surface area contributed by atoms with Crippen molar-refractivity contribution in [3.05, 3.63) is 28.3 Å². The van der Waals surface area contributed by atoms with Gasteiger partial charge in [0.05, 0.1) is 22.3 Å². The lowest BCUT2D eigenvalue weighted by atomic mass is 9.96. The van der Waals surface area contributed by atoms with Gasteiger partial charge in [-0.05, 0) is 38.9 Å². The number of nitrogens with zero attached hydrogens (tertiary/aromatic N) is 2. The van der Waals surface area contributed by atoms with Crippen LogP contribution < -0.4 is 9.62 Å². The lowest BCUT2D eigenvalue weighted by Gasteiger charge is -2.32. The van der Waals surface area contributed by atoms with Crippen molar-refractivity contribution in [3.8, 4) is 0 Å². The minimum atomic E-state index is -3.76. The van der Waals surface area contributed by atoms with Crippen molar-refractivity contribution in [2.45, 2.75) is 24.7 Å². The lowest BCUT2D eigenvalue weighted by Crippen LogP contribution is -2.37. The number of nitro benzene ring substituents is 1. The van der Waals surface area contributed by atoms with E-state index < -0.39 is 14.9 Å². The van der Waals surface area contributed by atoms with Crippen LogP contribution in [-0.2, 0) is 19.6 Å². The van der Waals surface area contributed by atoms with Crippen LogP contribution >= 0.6 is 0 Å². The molecule has 1 aromatic rings. The molecule has 2 rings (SSSR count). The van der Waals surface area contributed by atoms with Crippen LogP contribution in [0.2, 0.25) is 0 Å². The molecule has 1 heterocycles. The number of nitro groups is 1. The van der Waals surface area contributed by atoms with E-state index >= 15 is 0 Å². The Morgan fingerprint density at radius 2 is 2.04 bits per heavy atom. The van der Waals surface area contributed by atoms with Gasteiger partial charge in [0, 0.05) is 19.2 Å². The third kappa shape index (κ3) is 4.26. The number of nitrogens with one attached hydrogen (secondary N) is 1. The van der Waals surface area contributed by atoms with Gasteiger partial charge < -0.3 is 9.64 Å². The number of carbonyl (C=O) groups is 1. The Hall–Kier alpha value is -2.20. The maximum Gasteiger partial charge on any atom is 0.309 e. The third-order valence-electron chi connectivity index (χ3n) is 4.18. The van der Waals surface area contributed by atoms with Crippen molar-refractivity contribution in [1.82, 2.24) is 4.72 Å². The molecule has 1 aromatic carbocycles. The summed E-state index contributed by atoms with van der Waals surface area (Å²) in [7, 11) is -2.52. The fourth-order valence-corrected chi connectivity index (χ4v) is 3.57. The van der Waals surface area contributed by atoms with Gasteiger partial charge in [-0.2, -0.15) is 0 Å². The molecule has 9 nitrogen and oxygen atoms in total.